The fraction of sp³-hybridized carbons (Fsp3) is 0.500. The van der Waals surface area contributed by atoms with Crippen LogP contribution in [0.3, 0.4) is 0 Å². The van der Waals surface area contributed by atoms with Crippen molar-refractivity contribution in [3.8, 4) is 0 Å². The van der Waals surface area contributed by atoms with Gasteiger partial charge in [-0.05, 0) is 37.5 Å². The molecule has 3 nitrogen and oxygen atoms in total. The molecule has 0 spiro atoms. The highest BCUT2D eigenvalue weighted by molar-refractivity contribution is 5.47. The third-order valence-corrected chi connectivity index (χ3v) is 3.26. The highest BCUT2D eigenvalue weighted by Crippen LogP contribution is 2.21. The van der Waals surface area contributed by atoms with Gasteiger partial charge in [0.25, 0.3) is 0 Å². The Morgan fingerprint density at radius 3 is 2.95 bits per heavy atom. The van der Waals surface area contributed by atoms with Gasteiger partial charge in [-0.25, -0.2) is 0 Å². The number of hydrogen-bond acceptors (Lipinski definition) is 3. The molecule has 1 aromatic rings. The molecule has 1 aromatic heterocycles. The fourth-order valence-electron chi connectivity index (χ4n) is 2.30. The van der Waals surface area contributed by atoms with Crippen LogP contribution in [0.2, 0.25) is 0 Å². The molecule has 0 fully saturated rings. The quantitative estimate of drug-likeness (QED) is 0.762. The third kappa shape index (κ3) is 4.37. The lowest BCUT2D eigenvalue weighted by atomic mass is 10.0. The molecule has 1 N–H and O–H groups in total. The van der Waals surface area contributed by atoms with E-state index in [-0.39, 0.29) is 12.7 Å². The maximum absolute atomic E-state index is 9.00. The predicted octanol–water partition coefficient (Wildman–Crippen LogP) is 3.69. The van der Waals surface area contributed by atoms with Gasteiger partial charge in [-0.2, -0.15) is 0 Å². The number of hydrogen-bond donors (Lipinski definition) is 1. The molecule has 0 amide bonds. The Kier molecular flexibility index (Phi) is 5.43. The van der Waals surface area contributed by atoms with Gasteiger partial charge in [-0.3, -0.25) is 0 Å². The Hall–Kier alpha value is -1.32. The molecule has 0 aromatic carbocycles. The Morgan fingerprint density at radius 1 is 1.42 bits per heavy atom. The number of furan rings is 1. The van der Waals surface area contributed by atoms with Crippen molar-refractivity contribution in [1.29, 1.82) is 0 Å². The summed E-state index contributed by atoms with van der Waals surface area (Å²) < 4.78 is 11.1. The Morgan fingerprint density at radius 2 is 2.32 bits per heavy atom. The number of aliphatic hydroxyl groups is 1. The van der Waals surface area contributed by atoms with Crippen LogP contribution >= 0.6 is 0 Å². The van der Waals surface area contributed by atoms with E-state index in [1.54, 1.807) is 0 Å². The molecule has 0 radical (unpaired) electrons. The standard InChI is InChI=1S/C16H22O3/c1-2-4-13(6-7-14-5-3-10-18-14)11-15-8-9-16(12-17)19-15/h3,5,8-9,11,14,17H,2,4,6-7,10,12H2,1H3/b13-11+/t14-/m0/s1. The van der Waals surface area contributed by atoms with Crippen molar-refractivity contribution < 1.29 is 14.3 Å². The summed E-state index contributed by atoms with van der Waals surface area (Å²) in [5.41, 5.74) is 1.38. The molecule has 0 saturated heterocycles. The minimum Gasteiger partial charge on any atom is -0.459 e. The summed E-state index contributed by atoms with van der Waals surface area (Å²) in [6.45, 7) is 2.88. The van der Waals surface area contributed by atoms with Crippen LogP contribution in [0.1, 0.15) is 44.1 Å². The van der Waals surface area contributed by atoms with Crippen LogP contribution in [-0.4, -0.2) is 17.8 Å². The zero-order valence-electron chi connectivity index (χ0n) is 11.5. The average molecular weight is 262 g/mol. The summed E-state index contributed by atoms with van der Waals surface area (Å²) in [4.78, 5) is 0. The van der Waals surface area contributed by atoms with E-state index in [0.717, 1.165) is 38.1 Å². The van der Waals surface area contributed by atoms with Crippen LogP contribution in [0.5, 0.6) is 0 Å². The van der Waals surface area contributed by atoms with E-state index < -0.39 is 0 Å². The van der Waals surface area contributed by atoms with E-state index in [9.17, 15) is 0 Å². The summed E-state index contributed by atoms with van der Waals surface area (Å²) >= 11 is 0. The first-order chi connectivity index (χ1) is 9.31. The molecule has 0 unspecified atom stereocenters. The van der Waals surface area contributed by atoms with Crippen LogP contribution in [-0.2, 0) is 11.3 Å². The van der Waals surface area contributed by atoms with Gasteiger partial charge in [0.05, 0.1) is 12.7 Å². The predicted molar refractivity (Wildman–Crippen MR) is 75.6 cm³/mol. The Bertz CT molecular complexity index is 443. The topological polar surface area (TPSA) is 42.6 Å². The summed E-state index contributed by atoms with van der Waals surface area (Å²) in [6.07, 6.45) is 10.8. The van der Waals surface area contributed by atoms with Crippen LogP contribution in [0.15, 0.2) is 34.3 Å². The van der Waals surface area contributed by atoms with E-state index in [4.69, 9.17) is 14.3 Å². The Labute approximate surface area is 114 Å². The van der Waals surface area contributed by atoms with E-state index in [2.05, 4.69) is 25.2 Å². The largest absolute Gasteiger partial charge is 0.459 e. The lowest BCUT2D eigenvalue weighted by molar-refractivity contribution is 0.121. The number of allylic oxidation sites excluding steroid dienone is 1. The summed E-state index contributed by atoms with van der Waals surface area (Å²) in [7, 11) is 0. The highest BCUT2D eigenvalue weighted by Gasteiger charge is 2.10. The minimum absolute atomic E-state index is 0.0440. The summed E-state index contributed by atoms with van der Waals surface area (Å²) in [6, 6.07) is 3.73. The van der Waals surface area contributed by atoms with Crippen LogP contribution in [0, 0.1) is 0 Å². The first-order valence-electron chi connectivity index (χ1n) is 6.99. The van der Waals surface area contributed by atoms with Gasteiger partial charge >= 0.3 is 0 Å². The molecule has 1 aliphatic rings. The monoisotopic (exact) mass is 262 g/mol. The van der Waals surface area contributed by atoms with E-state index in [1.165, 1.54) is 5.57 Å². The van der Waals surface area contributed by atoms with Gasteiger partial charge in [0.1, 0.15) is 18.1 Å². The fourth-order valence-corrected chi connectivity index (χ4v) is 2.30. The van der Waals surface area contributed by atoms with Gasteiger partial charge in [0.2, 0.25) is 0 Å². The highest BCUT2D eigenvalue weighted by atomic mass is 16.5. The second-order valence-electron chi connectivity index (χ2n) is 4.85. The molecular weight excluding hydrogens is 240 g/mol. The molecule has 3 heteroatoms. The van der Waals surface area contributed by atoms with E-state index in [0.29, 0.717) is 5.76 Å². The van der Waals surface area contributed by atoms with Gasteiger partial charge in [-0.15, -0.1) is 0 Å². The second kappa shape index (κ2) is 7.31. The van der Waals surface area contributed by atoms with Crippen molar-refractivity contribution in [3.63, 3.8) is 0 Å². The number of aliphatic hydroxyl groups excluding tert-OH is 1. The first kappa shape index (κ1) is 14.1. The summed E-state index contributed by atoms with van der Waals surface area (Å²) in [5, 5.41) is 9.00. The van der Waals surface area contributed by atoms with Crippen molar-refractivity contribution in [3.05, 3.63) is 41.4 Å². The maximum Gasteiger partial charge on any atom is 0.130 e. The van der Waals surface area contributed by atoms with Crippen molar-refractivity contribution in [2.45, 2.75) is 45.3 Å². The molecule has 104 valence electrons. The van der Waals surface area contributed by atoms with Crippen LogP contribution in [0.25, 0.3) is 6.08 Å². The molecule has 0 bridgehead atoms. The molecule has 2 heterocycles. The normalized spacial score (nSPS) is 19.3. The van der Waals surface area contributed by atoms with Crippen LogP contribution in [0.4, 0.5) is 0 Å². The second-order valence-corrected chi connectivity index (χ2v) is 4.85. The van der Waals surface area contributed by atoms with Gasteiger partial charge in [0.15, 0.2) is 0 Å². The molecule has 0 aliphatic carbocycles. The zero-order valence-corrected chi connectivity index (χ0v) is 11.5. The smallest absolute Gasteiger partial charge is 0.130 e. The van der Waals surface area contributed by atoms with Gasteiger partial charge < -0.3 is 14.3 Å². The molecule has 0 saturated carbocycles. The molecule has 19 heavy (non-hydrogen) atoms. The lowest BCUT2D eigenvalue weighted by Crippen LogP contribution is -2.04. The Balaban J connectivity index is 1.95. The van der Waals surface area contributed by atoms with Gasteiger partial charge in [0, 0.05) is 0 Å². The molecule has 1 aliphatic heterocycles. The van der Waals surface area contributed by atoms with Gasteiger partial charge in [-0.1, -0.05) is 31.1 Å². The van der Waals surface area contributed by atoms with Crippen LogP contribution < -0.4 is 0 Å². The SMILES string of the molecule is CCC/C(=C\c1ccc(CO)o1)CC[C@@H]1C=CCO1. The zero-order chi connectivity index (χ0) is 13.5. The molecule has 1 atom stereocenters. The van der Waals surface area contributed by atoms with Crippen molar-refractivity contribution in [2.75, 3.05) is 6.61 Å². The van der Waals surface area contributed by atoms with Crippen molar-refractivity contribution in [1.82, 2.24) is 0 Å². The maximum atomic E-state index is 9.00. The summed E-state index contributed by atoms with van der Waals surface area (Å²) in [5.74, 6) is 1.44. The first-order valence-corrected chi connectivity index (χ1v) is 6.99. The van der Waals surface area contributed by atoms with Crippen molar-refractivity contribution >= 4 is 6.08 Å². The lowest BCUT2D eigenvalue weighted by Gasteiger charge is -2.10. The average Bonchev–Trinajstić information content (AvgIpc) is 3.07. The van der Waals surface area contributed by atoms with E-state index >= 15 is 0 Å². The van der Waals surface area contributed by atoms with E-state index in [1.807, 2.05) is 12.1 Å². The minimum atomic E-state index is -0.0440. The third-order valence-electron chi connectivity index (χ3n) is 3.26. The number of ether oxygens (including phenoxy) is 1. The number of rotatable bonds is 7. The van der Waals surface area contributed by atoms with Crippen molar-refractivity contribution in [2.24, 2.45) is 0 Å². The molecule has 2 rings (SSSR count). The molecular formula is C16H22O3.